The number of amides is 4. The Hall–Kier alpha value is -2.32. The van der Waals surface area contributed by atoms with Crippen LogP contribution in [0.3, 0.4) is 0 Å². The van der Waals surface area contributed by atoms with Crippen molar-refractivity contribution in [2.75, 3.05) is 13.1 Å². The third kappa shape index (κ3) is 7.19. The molecule has 4 amide bonds. The van der Waals surface area contributed by atoms with Crippen molar-refractivity contribution in [3.05, 3.63) is 0 Å². The third-order valence-electron chi connectivity index (χ3n) is 2.28. The number of aliphatic carboxylic acids is 1. The van der Waals surface area contributed by atoms with Crippen LogP contribution in [-0.4, -0.2) is 53.0 Å². The topological polar surface area (TPSA) is 156 Å². The fourth-order valence-electron chi connectivity index (χ4n) is 1.51. The van der Waals surface area contributed by atoms with Gasteiger partial charge in [0.2, 0.25) is 11.8 Å². The van der Waals surface area contributed by atoms with Crippen LogP contribution >= 0.6 is 0 Å². The molecule has 0 aliphatic heterocycles. The number of carbonyl (C=O) groups is 4. The molecular formula is C11H20N4O5. The van der Waals surface area contributed by atoms with Gasteiger partial charge in [0.15, 0.2) is 0 Å². The standard InChI is InChI=1S/C11H20N4O5/c1-6(2)3-7(10(18)19)14-11(20)15(4-8(12)16)5-9(13)17/h6-7H,3-5H2,1-2H3,(H2,12,16)(H2,13,17)(H,14,20)(H,18,19)/t7-/m1/s1. The van der Waals surface area contributed by atoms with Crippen molar-refractivity contribution in [2.24, 2.45) is 17.4 Å². The maximum absolute atomic E-state index is 11.8. The van der Waals surface area contributed by atoms with Crippen LogP contribution in [0.15, 0.2) is 0 Å². The molecule has 0 rings (SSSR count). The van der Waals surface area contributed by atoms with Crippen LogP contribution in [0.25, 0.3) is 0 Å². The Labute approximate surface area is 116 Å². The van der Waals surface area contributed by atoms with Gasteiger partial charge in [-0.2, -0.15) is 0 Å². The lowest BCUT2D eigenvalue weighted by Gasteiger charge is -2.23. The first-order valence-electron chi connectivity index (χ1n) is 5.98. The molecule has 0 radical (unpaired) electrons. The van der Waals surface area contributed by atoms with E-state index in [2.05, 4.69) is 5.32 Å². The molecule has 9 nitrogen and oxygen atoms in total. The van der Waals surface area contributed by atoms with Crippen molar-refractivity contribution in [2.45, 2.75) is 26.3 Å². The lowest BCUT2D eigenvalue weighted by molar-refractivity contribution is -0.139. The van der Waals surface area contributed by atoms with Gasteiger partial charge in [0.25, 0.3) is 0 Å². The van der Waals surface area contributed by atoms with Crippen molar-refractivity contribution in [1.29, 1.82) is 0 Å². The molecule has 0 bridgehead atoms. The monoisotopic (exact) mass is 288 g/mol. The summed E-state index contributed by atoms with van der Waals surface area (Å²) in [6.45, 7) is 2.55. The highest BCUT2D eigenvalue weighted by atomic mass is 16.4. The molecule has 0 aliphatic rings. The second-order valence-corrected chi connectivity index (χ2v) is 4.76. The van der Waals surface area contributed by atoms with E-state index in [-0.39, 0.29) is 12.3 Å². The minimum absolute atomic E-state index is 0.0390. The number of nitrogens with zero attached hydrogens (tertiary/aromatic N) is 1. The van der Waals surface area contributed by atoms with E-state index in [0.29, 0.717) is 0 Å². The van der Waals surface area contributed by atoms with Crippen molar-refractivity contribution < 1.29 is 24.3 Å². The summed E-state index contributed by atoms with van der Waals surface area (Å²) in [5, 5.41) is 11.2. The first-order valence-corrected chi connectivity index (χ1v) is 5.98. The van der Waals surface area contributed by atoms with E-state index in [1.807, 2.05) is 0 Å². The van der Waals surface area contributed by atoms with Crippen LogP contribution in [0.2, 0.25) is 0 Å². The molecule has 20 heavy (non-hydrogen) atoms. The van der Waals surface area contributed by atoms with Crippen molar-refractivity contribution >= 4 is 23.8 Å². The van der Waals surface area contributed by atoms with Gasteiger partial charge in [0.05, 0.1) is 0 Å². The van der Waals surface area contributed by atoms with Gasteiger partial charge in [-0.1, -0.05) is 13.8 Å². The average molecular weight is 288 g/mol. The molecule has 0 heterocycles. The zero-order chi connectivity index (χ0) is 15.9. The molecule has 0 fully saturated rings. The molecule has 6 N–H and O–H groups in total. The number of hydrogen-bond acceptors (Lipinski definition) is 4. The first-order chi connectivity index (χ1) is 9.13. The number of urea groups is 1. The number of rotatable bonds is 8. The SMILES string of the molecule is CC(C)C[C@@H](NC(=O)N(CC(N)=O)CC(N)=O)C(=O)O. The molecule has 0 aliphatic carbocycles. The highest BCUT2D eigenvalue weighted by molar-refractivity contribution is 5.89. The number of carboxylic acids is 1. The van der Waals surface area contributed by atoms with Gasteiger partial charge < -0.3 is 26.8 Å². The summed E-state index contributed by atoms with van der Waals surface area (Å²) in [6.07, 6.45) is 0.210. The Balaban J connectivity index is 4.81. The highest BCUT2D eigenvalue weighted by Gasteiger charge is 2.25. The molecule has 1 atom stereocenters. The number of nitrogens with two attached hydrogens (primary N) is 2. The van der Waals surface area contributed by atoms with Gasteiger partial charge in [-0.15, -0.1) is 0 Å². The average Bonchev–Trinajstić information content (AvgIpc) is 2.24. The maximum Gasteiger partial charge on any atom is 0.326 e. The minimum atomic E-state index is -1.20. The van der Waals surface area contributed by atoms with E-state index in [1.165, 1.54) is 0 Å². The van der Waals surface area contributed by atoms with E-state index < -0.39 is 42.9 Å². The zero-order valence-electron chi connectivity index (χ0n) is 11.5. The Morgan fingerprint density at radius 1 is 1.10 bits per heavy atom. The van der Waals surface area contributed by atoms with Gasteiger partial charge in [-0.25, -0.2) is 9.59 Å². The van der Waals surface area contributed by atoms with E-state index in [1.54, 1.807) is 13.8 Å². The Kier molecular flexibility index (Phi) is 7.05. The van der Waals surface area contributed by atoms with Gasteiger partial charge in [-0.05, 0) is 12.3 Å². The largest absolute Gasteiger partial charge is 0.480 e. The van der Waals surface area contributed by atoms with Gasteiger partial charge in [0, 0.05) is 0 Å². The summed E-state index contributed by atoms with van der Waals surface area (Å²) in [7, 11) is 0. The van der Waals surface area contributed by atoms with Crippen molar-refractivity contribution in [3.63, 3.8) is 0 Å². The van der Waals surface area contributed by atoms with Crippen LogP contribution in [0.4, 0.5) is 4.79 Å². The van der Waals surface area contributed by atoms with Crippen LogP contribution in [0.5, 0.6) is 0 Å². The fourth-order valence-corrected chi connectivity index (χ4v) is 1.51. The normalized spacial score (nSPS) is 11.8. The number of primary amides is 2. The zero-order valence-corrected chi connectivity index (χ0v) is 11.5. The molecule has 0 aromatic heterocycles. The Morgan fingerprint density at radius 3 is 1.85 bits per heavy atom. The first kappa shape index (κ1) is 17.7. The second kappa shape index (κ2) is 7.97. The Bertz CT molecular complexity index is 380. The third-order valence-corrected chi connectivity index (χ3v) is 2.28. The molecular weight excluding hydrogens is 268 g/mol. The van der Waals surface area contributed by atoms with Crippen LogP contribution in [0, 0.1) is 5.92 Å². The summed E-state index contributed by atoms with van der Waals surface area (Å²) in [6, 6.07) is -2.00. The highest BCUT2D eigenvalue weighted by Crippen LogP contribution is 2.05. The summed E-state index contributed by atoms with van der Waals surface area (Å²) in [5.41, 5.74) is 9.90. The predicted molar refractivity (Wildman–Crippen MR) is 69.4 cm³/mol. The molecule has 114 valence electrons. The summed E-state index contributed by atoms with van der Waals surface area (Å²) in [5.74, 6) is -2.84. The molecule has 0 unspecified atom stereocenters. The number of carboxylic acid groups (broad SMARTS) is 1. The molecule has 9 heteroatoms. The smallest absolute Gasteiger partial charge is 0.326 e. The number of hydrogen-bond donors (Lipinski definition) is 4. The molecule has 0 aromatic carbocycles. The predicted octanol–water partition coefficient (Wildman–Crippen LogP) is -1.53. The lowest BCUT2D eigenvalue weighted by atomic mass is 10.0. The maximum atomic E-state index is 11.8. The van der Waals surface area contributed by atoms with Crippen LogP contribution in [0.1, 0.15) is 20.3 Å². The van der Waals surface area contributed by atoms with Crippen molar-refractivity contribution in [1.82, 2.24) is 10.2 Å². The van der Waals surface area contributed by atoms with E-state index in [9.17, 15) is 19.2 Å². The van der Waals surface area contributed by atoms with E-state index in [4.69, 9.17) is 16.6 Å². The molecule has 0 aromatic rings. The van der Waals surface area contributed by atoms with E-state index >= 15 is 0 Å². The van der Waals surface area contributed by atoms with Crippen LogP contribution < -0.4 is 16.8 Å². The lowest BCUT2D eigenvalue weighted by Crippen LogP contribution is -2.52. The number of nitrogens with one attached hydrogen (secondary N) is 1. The fraction of sp³-hybridized carbons (Fsp3) is 0.636. The van der Waals surface area contributed by atoms with Gasteiger partial charge >= 0.3 is 12.0 Å². The number of carbonyl (C=O) groups excluding carboxylic acids is 3. The Morgan fingerprint density at radius 2 is 1.55 bits per heavy atom. The molecule has 0 saturated heterocycles. The summed E-state index contributed by atoms with van der Waals surface area (Å²) in [4.78, 5) is 45.3. The molecule has 0 saturated carbocycles. The second-order valence-electron chi connectivity index (χ2n) is 4.76. The van der Waals surface area contributed by atoms with Crippen molar-refractivity contribution in [3.8, 4) is 0 Å². The van der Waals surface area contributed by atoms with E-state index in [0.717, 1.165) is 4.90 Å². The minimum Gasteiger partial charge on any atom is -0.480 e. The van der Waals surface area contributed by atoms with Crippen LogP contribution in [-0.2, 0) is 14.4 Å². The summed E-state index contributed by atoms with van der Waals surface area (Å²) < 4.78 is 0. The van der Waals surface area contributed by atoms with Gasteiger partial charge in [-0.3, -0.25) is 9.59 Å². The van der Waals surface area contributed by atoms with Gasteiger partial charge in [0.1, 0.15) is 19.1 Å². The quantitative estimate of drug-likeness (QED) is 0.426. The molecule has 0 spiro atoms. The summed E-state index contributed by atoms with van der Waals surface area (Å²) >= 11 is 0.